The number of benzene rings is 6. The molecule has 6 aromatic carbocycles. The van der Waals surface area contributed by atoms with Crippen LogP contribution in [0.4, 0.5) is 0 Å². The fourth-order valence-electron chi connectivity index (χ4n) is 6.90. The zero-order valence-corrected chi connectivity index (χ0v) is 32.0. The number of sulfonamides is 1. The SMILES string of the molecule is O=S(=O)(NCc1ccc(C2OC(CSc3nc(-c4ccccc4)c(-c4ccccc4)o3)C(c3ccccc3)C(c3ccc(CO)cc3)O2)cc1)c1ccccc1. The van der Waals surface area contributed by atoms with E-state index in [0.29, 0.717) is 16.7 Å². The molecule has 282 valence electrons. The highest BCUT2D eigenvalue weighted by atomic mass is 32.2. The molecule has 7 aromatic rings. The van der Waals surface area contributed by atoms with E-state index >= 15 is 0 Å². The molecule has 0 amide bonds. The maximum Gasteiger partial charge on any atom is 0.256 e. The van der Waals surface area contributed by atoms with Gasteiger partial charge in [0.15, 0.2) is 12.1 Å². The van der Waals surface area contributed by atoms with Gasteiger partial charge in [-0.25, -0.2) is 18.1 Å². The highest BCUT2D eigenvalue weighted by Crippen LogP contribution is 2.48. The maximum absolute atomic E-state index is 12.9. The number of nitrogens with one attached hydrogen (secondary N) is 1. The molecule has 8 rings (SSSR count). The Morgan fingerprint density at radius 2 is 1.20 bits per heavy atom. The van der Waals surface area contributed by atoms with Crippen LogP contribution in [0, 0.1) is 0 Å². The minimum Gasteiger partial charge on any atom is -0.431 e. The number of aliphatic hydroxyl groups is 1. The molecular weight excluding hydrogens is 741 g/mol. The standard InChI is InChI=1S/C46H40N2O6S2/c49-30-33-23-25-37(26-24-33)43-41(34-13-5-1-6-14-34)40(31-55-46-48-42(35-15-7-2-8-16-35)44(54-46)36-17-9-3-10-18-36)52-45(53-43)38-27-21-32(22-28-38)29-47-56(50,51)39-19-11-4-12-20-39/h1-28,40-41,43,45,47,49H,29-31H2. The molecule has 4 unspecified atom stereocenters. The molecule has 1 fully saturated rings. The molecule has 1 saturated heterocycles. The predicted molar refractivity (Wildman–Crippen MR) is 218 cm³/mol. The van der Waals surface area contributed by atoms with Crippen LogP contribution in [0.15, 0.2) is 184 Å². The summed E-state index contributed by atoms with van der Waals surface area (Å²) in [5, 5.41) is 10.3. The van der Waals surface area contributed by atoms with Gasteiger partial charge in [-0.3, -0.25) is 0 Å². The zero-order chi connectivity index (χ0) is 38.3. The van der Waals surface area contributed by atoms with Crippen molar-refractivity contribution in [1.29, 1.82) is 0 Å². The number of aliphatic hydroxyl groups excluding tert-OH is 1. The zero-order valence-electron chi connectivity index (χ0n) is 30.3. The second kappa shape index (κ2) is 17.2. The Morgan fingerprint density at radius 3 is 1.84 bits per heavy atom. The minimum atomic E-state index is -3.66. The molecule has 0 aliphatic carbocycles. The van der Waals surface area contributed by atoms with Gasteiger partial charge in [-0.15, -0.1) is 0 Å². The van der Waals surface area contributed by atoms with Crippen molar-refractivity contribution in [3.05, 3.63) is 198 Å². The molecule has 56 heavy (non-hydrogen) atoms. The first kappa shape index (κ1) is 37.6. The van der Waals surface area contributed by atoms with Crippen LogP contribution >= 0.6 is 11.8 Å². The highest BCUT2D eigenvalue weighted by Gasteiger charge is 2.42. The van der Waals surface area contributed by atoms with Gasteiger partial charge in [0.1, 0.15) is 5.69 Å². The third-order valence-corrected chi connectivity index (χ3v) is 12.1. The van der Waals surface area contributed by atoms with Crippen molar-refractivity contribution < 1.29 is 27.4 Å². The van der Waals surface area contributed by atoms with Crippen LogP contribution in [0.1, 0.15) is 46.1 Å². The van der Waals surface area contributed by atoms with Gasteiger partial charge in [0.05, 0.1) is 23.7 Å². The summed E-state index contributed by atoms with van der Waals surface area (Å²) < 4.78 is 48.7. The van der Waals surface area contributed by atoms with E-state index in [1.807, 2.05) is 127 Å². The molecular formula is C46H40N2O6S2. The van der Waals surface area contributed by atoms with Crippen molar-refractivity contribution in [3.63, 3.8) is 0 Å². The van der Waals surface area contributed by atoms with E-state index in [0.717, 1.165) is 44.6 Å². The Morgan fingerprint density at radius 1 is 0.625 bits per heavy atom. The summed E-state index contributed by atoms with van der Waals surface area (Å²) >= 11 is 1.50. The first-order valence-corrected chi connectivity index (χ1v) is 20.9. The Kier molecular flexibility index (Phi) is 11.6. The van der Waals surface area contributed by atoms with Gasteiger partial charge >= 0.3 is 0 Å². The summed E-state index contributed by atoms with van der Waals surface area (Å²) in [6.45, 7) is 0.0734. The van der Waals surface area contributed by atoms with E-state index in [4.69, 9.17) is 18.9 Å². The van der Waals surface area contributed by atoms with Gasteiger partial charge in [-0.1, -0.05) is 169 Å². The van der Waals surface area contributed by atoms with Crippen molar-refractivity contribution in [2.24, 2.45) is 0 Å². The van der Waals surface area contributed by atoms with Crippen molar-refractivity contribution in [2.45, 2.75) is 47.7 Å². The van der Waals surface area contributed by atoms with Crippen LogP contribution in [0.2, 0.25) is 0 Å². The summed E-state index contributed by atoms with van der Waals surface area (Å²) in [5.74, 6) is 1.01. The molecule has 10 heteroatoms. The number of nitrogens with zero attached hydrogens (tertiary/aromatic N) is 1. The quantitative estimate of drug-likeness (QED) is 0.111. The summed E-state index contributed by atoms with van der Waals surface area (Å²) in [6.07, 6.45) is -1.49. The first-order valence-electron chi connectivity index (χ1n) is 18.4. The number of thioether (sulfide) groups is 1. The van der Waals surface area contributed by atoms with Crippen molar-refractivity contribution in [2.75, 3.05) is 5.75 Å². The lowest BCUT2D eigenvalue weighted by molar-refractivity contribution is -0.255. The van der Waals surface area contributed by atoms with Crippen LogP contribution in [-0.2, 0) is 32.6 Å². The van der Waals surface area contributed by atoms with Crippen LogP contribution < -0.4 is 4.72 Å². The second-order valence-corrected chi connectivity index (χ2v) is 16.2. The lowest BCUT2D eigenvalue weighted by atomic mass is 9.84. The maximum atomic E-state index is 12.9. The summed E-state index contributed by atoms with van der Waals surface area (Å²) in [5.41, 5.74) is 7.11. The number of aromatic nitrogens is 1. The van der Waals surface area contributed by atoms with Crippen molar-refractivity contribution in [1.82, 2.24) is 9.71 Å². The monoisotopic (exact) mass is 780 g/mol. The van der Waals surface area contributed by atoms with E-state index in [9.17, 15) is 13.5 Å². The number of rotatable bonds is 13. The Bertz CT molecular complexity index is 2370. The molecule has 0 radical (unpaired) electrons. The average molecular weight is 781 g/mol. The van der Waals surface area contributed by atoms with Crippen LogP contribution in [0.5, 0.6) is 0 Å². The third-order valence-electron chi connectivity index (χ3n) is 9.80. The average Bonchev–Trinajstić information content (AvgIpc) is 3.70. The molecule has 0 saturated carbocycles. The first-order chi connectivity index (χ1) is 27.4. The lowest BCUT2D eigenvalue weighted by Gasteiger charge is -2.43. The third kappa shape index (κ3) is 8.56. The molecule has 0 spiro atoms. The van der Waals surface area contributed by atoms with Crippen LogP contribution in [-0.4, -0.2) is 30.4 Å². The smallest absolute Gasteiger partial charge is 0.256 e. The summed E-state index contributed by atoms with van der Waals surface area (Å²) in [6, 6.07) is 54.1. The molecule has 1 aliphatic rings. The Labute approximate surface area is 331 Å². The number of hydrogen-bond acceptors (Lipinski definition) is 8. The second-order valence-electron chi connectivity index (χ2n) is 13.5. The molecule has 1 aliphatic heterocycles. The number of hydrogen-bond donors (Lipinski definition) is 2. The lowest BCUT2D eigenvalue weighted by Crippen LogP contribution is -2.38. The molecule has 4 atom stereocenters. The van der Waals surface area contributed by atoms with Gasteiger partial charge in [0.2, 0.25) is 10.0 Å². The van der Waals surface area contributed by atoms with Crippen LogP contribution in [0.3, 0.4) is 0 Å². The molecule has 2 N–H and O–H groups in total. The summed E-state index contributed by atoms with van der Waals surface area (Å²) in [4.78, 5) is 5.23. The van der Waals surface area contributed by atoms with Gasteiger partial charge < -0.3 is 19.0 Å². The normalized spacial score (nSPS) is 18.4. The number of ether oxygens (including phenoxy) is 2. The van der Waals surface area contributed by atoms with Gasteiger partial charge in [0.25, 0.3) is 5.22 Å². The predicted octanol–water partition coefficient (Wildman–Crippen LogP) is 9.71. The van der Waals surface area contributed by atoms with Gasteiger partial charge in [-0.2, -0.15) is 0 Å². The van der Waals surface area contributed by atoms with Crippen LogP contribution in [0.25, 0.3) is 22.6 Å². The van der Waals surface area contributed by atoms with Gasteiger partial charge in [0, 0.05) is 34.9 Å². The van der Waals surface area contributed by atoms with E-state index < -0.39 is 22.4 Å². The van der Waals surface area contributed by atoms with E-state index in [-0.39, 0.29) is 30.1 Å². The molecule has 0 bridgehead atoms. The Hall–Kier alpha value is -5.33. The van der Waals surface area contributed by atoms with Gasteiger partial charge in [-0.05, 0) is 34.4 Å². The van der Waals surface area contributed by atoms with E-state index in [2.05, 4.69) is 16.9 Å². The number of oxazole rings is 1. The van der Waals surface area contributed by atoms with E-state index in [1.165, 1.54) is 11.8 Å². The van der Waals surface area contributed by atoms with Crippen molar-refractivity contribution in [3.8, 4) is 22.6 Å². The fourth-order valence-corrected chi connectivity index (χ4v) is 8.83. The fraction of sp³-hybridized carbons (Fsp3) is 0.152. The Balaban J connectivity index is 1.10. The molecule has 1 aromatic heterocycles. The topological polar surface area (TPSA) is 111 Å². The minimum absolute atomic E-state index is 0.0567. The van der Waals surface area contributed by atoms with Crippen molar-refractivity contribution >= 4 is 21.8 Å². The van der Waals surface area contributed by atoms with E-state index in [1.54, 1.807) is 30.3 Å². The molecule has 2 heterocycles. The largest absolute Gasteiger partial charge is 0.431 e. The summed E-state index contributed by atoms with van der Waals surface area (Å²) in [7, 11) is -3.66. The molecule has 8 nitrogen and oxygen atoms in total. The highest BCUT2D eigenvalue weighted by molar-refractivity contribution is 7.99.